The lowest BCUT2D eigenvalue weighted by atomic mass is 10.1. The lowest BCUT2D eigenvalue weighted by Gasteiger charge is -2.09. The van der Waals surface area contributed by atoms with Crippen molar-refractivity contribution < 1.29 is 34.0 Å². The van der Waals surface area contributed by atoms with Crippen LogP contribution in [0, 0.1) is 0 Å². The minimum absolute atomic E-state index is 0.0206. The number of aliphatic carboxylic acids is 1. The van der Waals surface area contributed by atoms with Crippen LogP contribution in [0.4, 0.5) is 0 Å². The monoisotopic (exact) mass is 412 g/mol. The maximum Gasteiger partial charge on any atom is 0.320 e. The van der Waals surface area contributed by atoms with Crippen LogP contribution in [0.1, 0.15) is 24.8 Å². The smallest absolute Gasteiger partial charge is 0.320 e. The van der Waals surface area contributed by atoms with Gasteiger partial charge in [-0.15, -0.1) is 0 Å². The Kier molecular flexibility index (Phi) is 13.4. The number of benzene rings is 1. The summed E-state index contributed by atoms with van der Waals surface area (Å²) in [5, 5.41) is 20.2. The number of carboxylic acid groups (broad SMARTS) is 1. The number of hydrogen-bond donors (Lipinski definition) is 4. The van der Waals surface area contributed by atoms with Crippen LogP contribution in [0.5, 0.6) is 5.75 Å². The van der Waals surface area contributed by atoms with Crippen molar-refractivity contribution in [2.75, 3.05) is 46.2 Å². The van der Waals surface area contributed by atoms with Crippen LogP contribution in [0.25, 0.3) is 0 Å². The molecule has 0 heterocycles. The van der Waals surface area contributed by atoms with E-state index in [2.05, 4.69) is 5.32 Å². The Hall–Kier alpha value is -2.20. The second-order valence-corrected chi connectivity index (χ2v) is 6.44. The van der Waals surface area contributed by atoms with E-state index in [-0.39, 0.29) is 25.5 Å². The highest BCUT2D eigenvalue weighted by Crippen LogP contribution is 2.13. The molecule has 0 saturated heterocycles. The molecule has 0 aliphatic rings. The van der Waals surface area contributed by atoms with E-state index < -0.39 is 12.0 Å². The number of nitrogens with one attached hydrogen (secondary N) is 1. The van der Waals surface area contributed by atoms with Crippen LogP contribution in [-0.4, -0.2) is 74.3 Å². The third-order valence-electron chi connectivity index (χ3n) is 3.96. The predicted octanol–water partition coefficient (Wildman–Crippen LogP) is 0.332. The zero-order chi connectivity index (χ0) is 21.3. The molecule has 0 radical (unpaired) electrons. The topological polar surface area (TPSA) is 140 Å². The summed E-state index contributed by atoms with van der Waals surface area (Å²) in [6.07, 6.45) is 2.94. The molecule has 0 spiro atoms. The molecule has 1 rings (SSSR count). The van der Waals surface area contributed by atoms with Gasteiger partial charge in [-0.25, -0.2) is 0 Å². The second kappa shape index (κ2) is 15.7. The number of hydrogen-bond acceptors (Lipinski definition) is 7. The van der Waals surface area contributed by atoms with Gasteiger partial charge in [0.05, 0.1) is 26.4 Å². The van der Waals surface area contributed by atoms with Gasteiger partial charge in [0.1, 0.15) is 11.8 Å². The average Bonchev–Trinajstić information content (AvgIpc) is 2.71. The molecule has 5 N–H and O–H groups in total. The van der Waals surface area contributed by atoms with Crippen molar-refractivity contribution in [1.29, 1.82) is 0 Å². The maximum absolute atomic E-state index is 11.8. The highest BCUT2D eigenvalue weighted by molar-refractivity contribution is 5.77. The number of nitrogens with two attached hydrogens (primary N) is 1. The number of aliphatic hydroxyl groups is 1. The lowest BCUT2D eigenvalue weighted by Crippen LogP contribution is -2.32. The fourth-order valence-corrected chi connectivity index (χ4v) is 2.38. The molecule has 9 heteroatoms. The molecule has 1 atom stereocenters. The van der Waals surface area contributed by atoms with E-state index in [0.717, 1.165) is 24.8 Å². The Labute approximate surface area is 171 Å². The van der Waals surface area contributed by atoms with Gasteiger partial charge in [-0.2, -0.15) is 0 Å². The van der Waals surface area contributed by atoms with Crippen molar-refractivity contribution in [3.63, 3.8) is 0 Å². The number of carboxylic acids is 1. The summed E-state index contributed by atoms with van der Waals surface area (Å²) in [5.41, 5.74) is 6.29. The fourth-order valence-electron chi connectivity index (χ4n) is 2.38. The number of ether oxygens (including phenoxy) is 3. The Morgan fingerprint density at radius 3 is 2.34 bits per heavy atom. The van der Waals surface area contributed by atoms with Crippen LogP contribution in [0.15, 0.2) is 24.3 Å². The molecule has 164 valence electrons. The van der Waals surface area contributed by atoms with Gasteiger partial charge in [-0.05, 0) is 43.4 Å². The van der Waals surface area contributed by atoms with Gasteiger partial charge < -0.3 is 35.5 Å². The summed E-state index contributed by atoms with van der Waals surface area (Å²) in [5.74, 6) is -0.703. The minimum Gasteiger partial charge on any atom is -0.484 e. The number of amides is 1. The zero-order valence-corrected chi connectivity index (χ0v) is 16.7. The van der Waals surface area contributed by atoms with E-state index in [9.17, 15) is 9.59 Å². The Morgan fingerprint density at radius 1 is 1.00 bits per heavy atom. The molecule has 0 aliphatic heterocycles. The van der Waals surface area contributed by atoms with Crippen molar-refractivity contribution in [3.8, 4) is 5.75 Å². The van der Waals surface area contributed by atoms with Crippen LogP contribution >= 0.6 is 0 Å². The van der Waals surface area contributed by atoms with Crippen molar-refractivity contribution in [2.45, 2.75) is 31.7 Å². The normalized spacial score (nSPS) is 11.8. The first-order valence-electron chi connectivity index (χ1n) is 9.76. The summed E-state index contributed by atoms with van der Waals surface area (Å²) in [6, 6.07) is 5.90. The molecule has 0 saturated carbocycles. The predicted molar refractivity (Wildman–Crippen MR) is 107 cm³/mol. The average molecular weight is 412 g/mol. The summed E-state index contributed by atoms with van der Waals surface area (Å²) >= 11 is 0. The minimum atomic E-state index is -1.04. The van der Waals surface area contributed by atoms with E-state index in [4.69, 9.17) is 30.2 Å². The third kappa shape index (κ3) is 12.8. The standard InChI is InChI=1S/C20H32N2O7/c21-18(20(25)26)14-16-4-6-17(7-5-16)29-15-19(24)22-8-2-1-3-10-27-12-13-28-11-9-23/h4-7,18,23H,1-3,8-15,21H2,(H,22,24)(H,25,26). The molecule has 29 heavy (non-hydrogen) atoms. The molecular formula is C20H32N2O7. The number of unbranched alkanes of at least 4 members (excludes halogenated alkanes) is 2. The lowest BCUT2D eigenvalue weighted by molar-refractivity contribution is -0.138. The highest BCUT2D eigenvalue weighted by Gasteiger charge is 2.12. The number of rotatable bonds is 17. The van der Waals surface area contributed by atoms with E-state index in [1.54, 1.807) is 24.3 Å². The molecule has 1 amide bonds. The van der Waals surface area contributed by atoms with Gasteiger partial charge in [0.2, 0.25) is 0 Å². The molecule has 1 aromatic carbocycles. The van der Waals surface area contributed by atoms with Gasteiger partial charge >= 0.3 is 5.97 Å². The van der Waals surface area contributed by atoms with Crippen LogP contribution in [0.3, 0.4) is 0 Å². The van der Waals surface area contributed by atoms with Crippen molar-refractivity contribution in [3.05, 3.63) is 29.8 Å². The van der Waals surface area contributed by atoms with Crippen LogP contribution in [0.2, 0.25) is 0 Å². The Bertz CT molecular complexity index is 581. The van der Waals surface area contributed by atoms with Gasteiger partial charge in [0.25, 0.3) is 5.91 Å². The van der Waals surface area contributed by atoms with Crippen molar-refractivity contribution >= 4 is 11.9 Å². The maximum atomic E-state index is 11.8. The van der Waals surface area contributed by atoms with Gasteiger partial charge in [0, 0.05) is 13.2 Å². The van der Waals surface area contributed by atoms with E-state index >= 15 is 0 Å². The number of carbonyl (C=O) groups excluding carboxylic acids is 1. The molecule has 0 bridgehead atoms. The van der Waals surface area contributed by atoms with Crippen LogP contribution < -0.4 is 15.8 Å². The molecule has 0 aromatic heterocycles. The molecule has 0 fully saturated rings. The van der Waals surface area contributed by atoms with E-state index in [1.807, 2.05) is 0 Å². The Balaban J connectivity index is 2.03. The molecule has 1 aromatic rings. The molecular weight excluding hydrogens is 380 g/mol. The van der Waals surface area contributed by atoms with Gasteiger partial charge in [-0.3, -0.25) is 9.59 Å². The summed E-state index contributed by atoms with van der Waals surface area (Å²) in [4.78, 5) is 22.5. The fraction of sp³-hybridized carbons (Fsp3) is 0.600. The molecule has 1 unspecified atom stereocenters. The highest BCUT2D eigenvalue weighted by atomic mass is 16.5. The van der Waals surface area contributed by atoms with Crippen LogP contribution in [-0.2, 0) is 25.5 Å². The first-order chi connectivity index (χ1) is 14.0. The SMILES string of the molecule is NC(Cc1ccc(OCC(=O)NCCCCCOCCOCCO)cc1)C(=O)O. The summed E-state index contributed by atoms with van der Waals surface area (Å²) < 4.78 is 15.9. The van der Waals surface area contributed by atoms with E-state index in [0.29, 0.717) is 38.7 Å². The Morgan fingerprint density at radius 2 is 1.69 bits per heavy atom. The second-order valence-electron chi connectivity index (χ2n) is 6.44. The molecule has 9 nitrogen and oxygen atoms in total. The van der Waals surface area contributed by atoms with Crippen molar-refractivity contribution in [2.24, 2.45) is 5.73 Å². The summed E-state index contributed by atoms with van der Waals surface area (Å²) in [6.45, 7) is 2.49. The summed E-state index contributed by atoms with van der Waals surface area (Å²) in [7, 11) is 0. The van der Waals surface area contributed by atoms with Gasteiger partial charge in [-0.1, -0.05) is 12.1 Å². The zero-order valence-electron chi connectivity index (χ0n) is 16.7. The van der Waals surface area contributed by atoms with E-state index in [1.165, 1.54) is 0 Å². The first-order valence-corrected chi connectivity index (χ1v) is 9.76. The molecule has 0 aliphatic carbocycles. The van der Waals surface area contributed by atoms with Crippen molar-refractivity contribution in [1.82, 2.24) is 5.32 Å². The third-order valence-corrected chi connectivity index (χ3v) is 3.96. The largest absolute Gasteiger partial charge is 0.484 e. The van der Waals surface area contributed by atoms with Gasteiger partial charge in [0.15, 0.2) is 6.61 Å². The first kappa shape index (κ1) is 24.8. The quantitative estimate of drug-likeness (QED) is 0.268. The number of carbonyl (C=O) groups is 2. The number of aliphatic hydroxyl groups excluding tert-OH is 1.